The van der Waals surface area contributed by atoms with Crippen molar-refractivity contribution >= 4 is 0 Å². The van der Waals surface area contributed by atoms with E-state index in [4.69, 9.17) is 28.4 Å². The molecule has 2 aromatic rings. The predicted octanol–water partition coefficient (Wildman–Crippen LogP) is 5.58. The summed E-state index contributed by atoms with van der Waals surface area (Å²) in [7, 11) is 0. The van der Waals surface area contributed by atoms with Crippen molar-refractivity contribution in [3.63, 3.8) is 0 Å². The number of fused-ring (bicyclic) bond motifs is 4. The zero-order valence-corrected chi connectivity index (χ0v) is 26.2. The molecular weight excluding hydrogens is 556 g/mol. The van der Waals surface area contributed by atoms with E-state index in [0.29, 0.717) is 13.2 Å². The van der Waals surface area contributed by atoms with Crippen LogP contribution in [0.25, 0.3) is 0 Å². The van der Waals surface area contributed by atoms with Gasteiger partial charge in [-0.3, -0.25) is 0 Å². The van der Waals surface area contributed by atoms with E-state index in [0.717, 1.165) is 87.6 Å². The third kappa shape index (κ3) is 5.92. The highest BCUT2D eigenvalue weighted by Crippen LogP contribution is 2.47. The fourth-order valence-corrected chi connectivity index (χ4v) is 8.14. The third-order valence-electron chi connectivity index (χ3n) is 10.5. The molecule has 1 N–H and O–H groups in total. The fourth-order valence-electron chi connectivity index (χ4n) is 8.14. The van der Waals surface area contributed by atoms with Gasteiger partial charge in [-0.1, -0.05) is 0 Å². The van der Waals surface area contributed by atoms with Crippen LogP contribution in [-0.4, -0.2) is 63.1 Å². The highest BCUT2D eigenvalue weighted by atomic mass is 16.6. The number of ether oxygens (including phenoxy) is 6. The summed E-state index contributed by atoms with van der Waals surface area (Å²) in [5.74, 6) is 4.29. The SMILES string of the molecule is OC(COc1c2c(c(OCC3CO3)c3c1CCCC3)CCCC2)COc1c2c(c(OCC3CO3)c3c1CCCC3)CCCC2. The summed E-state index contributed by atoms with van der Waals surface area (Å²) in [5, 5.41) is 11.3. The van der Waals surface area contributed by atoms with Crippen LogP contribution in [0.15, 0.2) is 0 Å². The Morgan fingerprint density at radius 2 is 0.705 bits per heavy atom. The number of epoxide rings is 2. The van der Waals surface area contributed by atoms with Crippen LogP contribution >= 0.6 is 0 Å². The maximum atomic E-state index is 11.3. The number of aliphatic hydroxyl groups is 1. The molecule has 0 aromatic heterocycles. The minimum absolute atomic E-state index is 0.238. The highest BCUT2D eigenvalue weighted by molar-refractivity contribution is 5.62. The van der Waals surface area contributed by atoms with Gasteiger partial charge in [-0.2, -0.15) is 0 Å². The molecule has 2 saturated heterocycles. The van der Waals surface area contributed by atoms with Gasteiger partial charge in [0.1, 0.15) is 67.7 Å². The van der Waals surface area contributed by atoms with Crippen molar-refractivity contribution < 1.29 is 33.5 Å². The molecular formula is C37H48O7. The summed E-state index contributed by atoms with van der Waals surface area (Å²) in [6.45, 7) is 3.38. The van der Waals surface area contributed by atoms with Crippen molar-refractivity contribution in [1.82, 2.24) is 0 Å². The molecule has 6 aliphatic rings. The van der Waals surface area contributed by atoms with Crippen LogP contribution in [0.5, 0.6) is 23.0 Å². The van der Waals surface area contributed by atoms with E-state index in [1.54, 1.807) is 0 Å². The molecule has 4 aliphatic carbocycles. The van der Waals surface area contributed by atoms with E-state index in [2.05, 4.69) is 0 Å². The summed E-state index contributed by atoms with van der Waals surface area (Å²) >= 11 is 0. The molecule has 0 radical (unpaired) electrons. The van der Waals surface area contributed by atoms with Gasteiger partial charge in [0.15, 0.2) is 0 Å². The highest BCUT2D eigenvalue weighted by Gasteiger charge is 2.33. The zero-order valence-electron chi connectivity index (χ0n) is 26.2. The van der Waals surface area contributed by atoms with E-state index in [-0.39, 0.29) is 25.4 Å². The molecule has 7 nitrogen and oxygen atoms in total. The first-order valence-corrected chi connectivity index (χ1v) is 17.6. The van der Waals surface area contributed by atoms with Crippen LogP contribution in [0, 0.1) is 0 Å². The molecule has 2 unspecified atom stereocenters. The quantitative estimate of drug-likeness (QED) is 0.317. The lowest BCUT2D eigenvalue weighted by Crippen LogP contribution is -2.28. The summed E-state index contributed by atoms with van der Waals surface area (Å²) < 4.78 is 37.0. The lowest BCUT2D eigenvalue weighted by Gasteiger charge is -2.31. The van der Waals surface area contributed by atoms with Gasteiger partial charge in [0.05, 0.1) is 13.2 Å². The molecule has 2 aliphatic heterocycles. The Morgan fingerprint density at radius 3 is 0.955 bits per heavy atom. The van der Waals surface area contributed by atoms with Crippen LogP contribution in [-0.2, 0) is 60.8 Å². The Balaban J connectivity index is 1.01. The van der Waals surface area contributed by atoms with Crippen molar-refractivity contribution in [1.29, 1.82) is 0 Å². The van der Waals surface area contributed by atoms with Gasteiger partial charge in [0.25, 0.3) is 0 Å². The van der Waals surface area contributed by atoms with E-state index in [1.165, 1.54) is 95.9 Å². The number of hydrogen-bond donors (Lipinski definition) is 1. The van der Waals surface area contributed by atoms with Gasteiger partial charge >= 0.3 is 0 Å². The molecule has 7 heteroatoms. The molecule has 2 fully saturated rings. The first-order chi connectivity index (χ1) is 21.7. The minimum atomic E-state index is -0.710. The standard InChI is InChI=1S/C37H48O7/c38-23(17-41-34-26-9-1-5-13-30(26)36(43-21-24-19-39-24)31-14-6-2-10-27(31)34)18-42-35-28-11-3-7-15-32(28)37(44-22-25-20-40-25)33-16-8-4-12-29(33)35/h23-25,38H,1-22H2. The van der Waals surface area contributed by atoms with Crippen LogP contribution in [0.3, 0.4) is 0 Å². The monoisotopic (exact) mass is 604 g/mol. The Hall–Kier alpha value is -2.48. The Bertz CT molecular complexity index is 1200. The molecule has 0 amide bonds. The van der Waals surface area contributed by atoms with E-state index >= 15 is 0 Å². The van der Waals surface area contributed by atoms with Gasteiger partial charge in [-0.15, -0.1) is 0 Å². The lowest BCUT2D eigenvalue weighted by molar-refractivity contribution is 0.0608. The van der Waals surface area contributed by atoms with E-state index in [9.17, 15) is 5.11 Å². The van der Waals surface area contributed by atoms with E-state index in [1.807, 2.05) is 0 Å². The predicted molar refractivity (Wildman–Crippen MR) is 167 cm³/mol. The van der Waals surface area contributed by atoms with Crippen molar-refractivity contribution in [3.05, 3.63) is 44.5 Å². The number of benzene rings is 2. The first-order valence-electron chi connectivity index (χ1n) is 17.6. The van der Waals surface area contributed by atoms with Crippen LogP contribution in [0.2, 0.25) is 0 Å². The molecule has 2 atom stereocenters. The van der Waals surface area contributed by atoms with Gasteiger partial charge in [0, 0.05) is 44.5 Å². The number of aliphatic hydroxyl groups excluding tert-OH is 1. The third-order valence-corrected chi connectivity index (χ3v) is 10.5. The largest absolute Gasteiger partial charge is 0.490 e. The summed E-state index contributed by atoms with van der Waals surface area (Å²) in [5.41, 5.74) is 10.6. The van der Waals surface area contributed by atoms with Gasteiger partial charge in [-0.05, 0) is 103 Å². The number of rotatable bonds is 12. The van der Waals surface area contributed by atoms with Crippen LogP contribution < -0.4 is 18.9 Å². The van der Waals surface area contributed by atoms with Gasteiger partial charge in [0.2, 0.25) is 0 Å². The van der Waals surface area contributed by atoms with E-state index < -0.39 is 6.10 Å². The first kappa shape index (κ1) is 29.0. The smallest absolute Gasteiger partial charge is 0.126 e. The summed E-state index contributed by atoms with van der Waals surface area (Å²) in [6.07, 6.45) is 17.4. The van der Waals surface area contributed by atoms with Gasteiger partial charge in [-0.25, -0.2) is 0 Å². The minimum Gasteiger partial charge on any atom is -0.490 e. The molecule has 238 valence electrons. The second-order valence-corrected chi connectivity index (χ2v) is 13.8. The molecule has 8 rings (SSSR count). The average molecular weight is 605 g/mol. The lowest BCUT2D eigenvalue weighted by atomic mass is 9.81. The molecule has 44 heavy (non-hydrogen) atoms. The summed E-state index contributed by atoms with van der Waals surface area (Å²) in [6, 6.07) is 0. The topological polar surface area (TPSA) is 82.2 Å². The van der Waals surface area contributed by atoms with Crippen LogP contribution in [0.4, 0.5) is 0 Å². The Kier molecular flexibility index (Phi) is 8.37. The van der Waals surface area contributed by atoms with Crippen molar-refractivity contribution in [2.24, 2.45) is 0 Å². The second kappa shape index (κ2) is 12.7. The number of hydrogen-bond acceptors (Lipinski definition) is 7. The Labute approximate surface area is 261 Å². The van der Waals surface area contributed by atoms with Crippen molar-refractivity contribution in [3.8, 4) is 23.0 Å². The second-order valence-electron chi connectivity index (χ2n) is 13.8. The Morgan fingerprint density at radius 1 is 0.455 bits per heavy atom. The maximum Gasteiger partial charge on any atom is 0.126 e. The molecule has 0 spiro atoms. The zero-order chi connectivity index (χ0) is 29.5. The van der Waals surface area contributed by atoms with Gasteiger partial charge < -0.3 is 33.5 Å². The van der Waals surface area contributed by atoms with Crippen molar-refractivity contribution in [2.75, 3.05) is 39.6 Å². The van der Waals surface area contributed by atoms with Crippen LogP contribution in [0.1, 0.15) is 95.9 Å². The fraction of sp³-hybridized carbons (Fsp3) is 0.676. The average Bonchev–Trinajstić information content (AvgIpc) is 4.00. The molecule has 0 bridgehead atoms. The molecule has 2 aromatic carbocycles. The van der Waals surface area contributed by atoms with Crippen molar-refractivity contribution in [2.45, 2.75) is 121 Å². The molecule has 0 saturated carbocycles. The molecule has 2 heterocycles. The normalized spacial score (nSPS) is 23.8. The summed E-state index contributed by atoms with van der Waals surface area (Å²) in [4.78, 5) is 0. The maximum absolute atomic E-state index is 11.3.